The molecule has 0 radical (unpaired) electrons. The molecular weight excluding hydrogens is 222 g/mol. The number of carbonyl (C=O) groups excluding carboxylic acids is 1. The maximum absolute atomic E-state index is 11.5. The summed E-state index contributed by atoms with van der Waals surface area (Å²) in [5.41, 5.74) is 7.13. The van der Waals surface area contributed by atoms with Gasteiger partial charge in [0.1, 0.15) is 5.82 Å². The van der Waals surface area contributed by atoms with Crippen LogP contribution in [0.2, 0.25) is 0 Å². The number of nitrogen functional groups attached to an aromatic ring is 1. The first kappa shape index (κ1) is 11.2. The maximum atomic E-state index is 11.5. The number of nitrogens with zero attached hydrogens (tertiary/aromatic N) is 4. The number of esters is 1. The van der Waals surface area contributed by atoms with Crippen LogP contribution in [0, 0.1) is 0 Å². The van der Waals surface area contributed by atoms with Gasteiger partial charge in [0.15, 0.2) is 5.69 Å². The molecule has 2 N–H and O–H groups in total. The molecule has 0 amide bonds. The summed E-state index contributed by atoms with van der Waals surface area (Å²) in [6, 6.07) is 1.68. The molecule has 0 aliphatic heterocycles. The van der Waals surface area contributed by atoms with E-state index in [4.69, 9.17) is 5.73 Å². The summed E-state index contributed by atoms with van der Waals surface area (Å²) in [5, 5.41) is 8.25. The summed E-state index contributed by atoms with van der Waals surface area (Å²) in [4.78, 5) is 11.5. The van der Waals surface area contributed by atoms with Crippen LogP contribution in [0.3, 0.4) is 0 Å². The maximum Gasteiger partial charge on any atom is 0.359 e. The monoisotopic (exact) mass is 235 g/mol. The summed E-state index contributed by atoms with van der Waals surface area (Å²) >= 11 is 0. The molecule has 0 unspecified atom stereocenters. The van der Waals surface area contributed by atoms with Gasteiger partial charge in [0.05, 0.1) is 18.4 Å². The Balaban J connectivity index is 2.55. The molecule has 0 spiro atoms. The Morgan fingerprint density at radius 2 is 2.12 bits per heavy atom. The van der Waals surface area contributed by atoms with Crippen LogP contribution in [0.15, 0.2) is 12.3 Å². The van der Waals surface area contributed by atoms with Crippen LogP contribution in [0.5, 0.6) is 0 Å². The van der Waals surface area contributed by atoms with Gasteiger partial charge < -0.3 is 10.5 Å². The minimum absolute atomic E-state index is 0.230. The largest absolute Gasteiger partial charge is 0.464 e. The molecule has 2 aromatic rings. The number of nitrogens with two attached hydrogens (primary N) is 1. The van der Waals surface area contributed by atoms with Crippen LogP contribution in [0.25, 0.3) is 11.3 Å². The minimum Gasteiger partial charge on any atom is -0.464 e. The zero-order valence-corrected chi connectivity index (χ0v) is 9.84. The van der Waals surface area contributed by atoms with Crippen molar-refractivity contribution in [1.29, 1.82) is 0 Å². The average Bonchev–Trinajstić information content (AvgIpc) is 2.82. The van der Waals surface area contributed by atoms with Gasteiger partial charge in [0.25, 0.3) is 0 Å². The Morgan fingerprint density at radius 3 is 2.65 bits per heavy atom. The number of hydrogen-bond acceptors (Lipinski definition) is 5. The van der Waals surface area contributed by atoms with Gasteiger partial charge >= 0.3 is 5.97 Å². The Bertz CT molecular complexity index is 550. The smallest absolute Gasteiger partial charge is 0.359 e. The number of methoxy groups -OCH3 is 1. The SMILES string of the molecule is COC(=O)c1nn(C)cc1-c1cc(N)n(C)n1. The lowest BCUT2D eigenvalue weighted by Gasteiger charge is -1.96. The molecule has 2 rings (SSSR count). The normalized spacial score (nSPS) is 10.5. The van der Waals surface area contributed by atoms with E-state index in [0.717, 1.165) is 0 Å². The van der Waals surface area contributed by atoms with Gasteiger partial charge in [-0.25, -0.2) is 4.79 Å². The number of rotatable bonds is 2. The van der Waals surface area contributed by atoms with Crippen LogP contribution < -0.4 is 5.73 Å². The molecule has 0 saturated heterocycles. The molecule has 2 heterocycles. The molecule has 0 atom stereocenters. The molecule has 90 valence electrons. The number of aryl methyl sites for hydroxylation is 2. The van der Waals surface area contributed by atoms with Crippen LogP contribution in [-0.4, -0.2) is 32.6 Å². The van der Waals surface area contributed by atoms with E-state index in [-0.39, 0.29) is 5.69 Å². The van der Waals surface area contributed by atoms with Crippen molar-refractivity contribution in [2.45, 2.75) is 0 Å². The molecule has 0 fully saturated rings. The molecule has 0 aromatic carbocycles. The zero-order valence-electron chi connectivity index (χ0n) is 9.84. The van der Waals surface area contributed by atoms with Crippen LogP contribution in [0.4, 0.5) is 5.82 Å². The highest BCUT2D eigenvalue weighted by molar-refractivity contribution is 5.94. The van der Waals surface area contributed by atoms with Gasteiger partial charge in [0, 0.05) is 26.4 Å². The van der Waals surface area contributed by atoms with E-state index in [1.807, 2.05) is 0 Å². The number of hydrogen-bond donors (Lipinski definition) is 1. The van der Waals surface area contributed by atoms with Crippen molar-refractivity contribution >= 4 is 11.8 Å². The van der Waals surface area contributed by atoms with Crippen molar-refractivity contribution < 1.29 is 9.53 Å². The molecule has 7 heteroatoms. The predicted octanol–water partition coefficient (Wildman–Crippen LogP) is 0.189. The van der Waals surface area contributed by atoms with Gasteiger partial charge in [-0.15, -0.1) is 0 Å². The second-order valence-electron chi connectivity index (χ2n) is 3.63. The van der Waals surface area contributed by atoms with Crippen molar-refractivity contribution in [3.8, 4) is 11.3 Å². The molecule has 2 aromatic heterocycles. The quantitative estimate of drug-likeness (QED) is 0.751. The topological polar surface area (TPSA) is 88.0 Å². The van der Waals surface area contributed by atoms with E-state index in [1.54, 1.807) is 26.4 Å². The number of anilines is 1. The first-order valence-electron chi connectivity index (χ1n) is 4.94. The van der Waals surface area contributed by atoms with Gasteiger partial charge in [-0.05, 0) is 0 Å². The lowest BCUT2D eigenvalue weighted by Crippen LogP contribution is -2.04. The fourth-order valence-corrected chi connectivity index (χ4v) is 1.54. The molecule has 0 bridgehead atoms. The Morgan fingerprint density at radius 1 is 1.41 bits per heavy atom. The minimum atomic E-state index is -0.496. The van der Waals surface area contributed by atoms with E-state index in [9.17, 15) is 4.79 Å². The Hall–Kier alpha value is -2.31. The number of ether oxygens (including phenoxy) is 1. The standard InChI is InChI=1S/C10H13N5O2/c1-14-5-6(9(13-14)10(16)17-3)7-4-8(11)15(2)12-7/h4-5H,11H2,1-3H3. The fourth-order valence-electron chi connectivity index (χ4n) is 1.54. The predicted molar refractivity (Wildman–Crippen MR) is 61.2 cm³/mol. The Labute approximate surface area is 97.8 Å². The molecular formula is C10H13N5O2. The second kappa shape index (κ2) is 3.93. The molecule has 7 nitrogen and oxygen atoms in total. The fraction of sp³-hybridized carbons (Fsp3) is 0.300. The van der Waals surface area contributed by atoms with Crippen molar-refractivity contribution in [2.24, 2.45) is 14.1 Å². The van der Waals surface area contributed by atoms with Crippen LogP contribution in [0.1, 0.15) is 10.5 Å². The third-order valence-electron chi connectivity index (χ3n) is 2.40. The molecule has 0 aliphatic carbocycles. The molecule has 17 heavy (non-hydrogen) atoms. The lowest BCUT2D eigenvalue weighted by atomic mass is 10.2. The van der Waals surface area contributed by atoms with Gasteiger partial charge in [0.2, 0.25) is 0 Å². The summed E-state index contributed by atoms with van der Waals surface area (Å²) in [6.45, 7) is 0. The zero-order chi connectivity index (χ0) is 12.6. The first-order valence-corrected chi connectivity index (χ1v) is 4.94. The van der Waals surface area contributed by atoms with E-state index in [1.165, 1.54) is 16.5 Å². The highest BCUT2D eigenvalue weighted by Gasteiger charge is 2.20. The third kappa shape index (κ3) is 1.86. The third-order valence-corrected chi connectivity index (χ3v) is 2.40. The second-order valence-corrected chi connectivity index (χ2v) is 3.63. The van der Waals surface area contributed by atoms with E-state index in [2.05, 4.69) is 14.9 Å². The summed E-state index contributed by atoms with van der Waals surface area (Å²) in [6.07, 6.45) is 1.70. The van der Waals surface area contributed by atoms with Gasteiger partial charge in [-0.2, -0.15) is 10.2 Å². The highest BCUT2D eigenvalue weighted by Crippen LogP contribution is 2.23. The van der Waals surface area contributed by atoms with Crippen LogP contribution in [-0.2, 0) is 18.8 Å². The first-order chi connectivity index (χ1) is 8.02. The van der Waals surface area contributed by atoms with E-state index >= 15 is 0 Å². The lowest BCUT2D eigenvalue weighted by molar-refractivity contribution is 0.0594. The average molecular weight is 235 g/mol. The van der Waals surface area contributed by atoms with Crippen molar-refractivity contribution in [1.82, 2.24) is 19.6 Å². The molecule has 0 saturated carbocycles. The van der Waals surface area contributed by atoms with Crippen molar-refractivity contribution in [2.75, 3.05) is 12.8 Å². The number of carbonyl (C=O) groups is 1. The van der Waals surface area contributed by atoms with Gasteiger partial charge in [-0.3, -0.25) is 9.36 Å². The number of aromatic nitrogens is 4. The summed E-state index contributed by atoms with van der Waals surface area (Å²) < 4.78 is 7.73. The van der Waals surface area contributed by atoms with E-state index in [0.29, 0.717) is 17.1 Å². The van der Waals surface area contributed by atoms with E-state index < -0.39 is 5.97 Å². The molecule has 0 aliphatic rings. The highest BCUT2D eigenvalue weighted by atomic mass is 16.5. The van der Waals surface area contributed by atoms with Crippen molar-refractivity contribution in [3.63, 3.8) is 0 Å². The van der Waals surface area contributed by atoms with Crippen molar-refractivity contribution in [3.05, 3.63) is 18.0 Å². The summed E-state index contributed by atoms with van der Waals surface area (Å²) in [5.74, 6) is 0.0180. The summed E-state index contributed by atoms with van der Waals surface area (Å²) in [7, 11) is 4.77. The van der Waals surface area contributed by atoms with Crippen LogP contribution >= 0.6 is 0 Å². The van der Waals surface area contributed by atoms with Gasteiger partial charge in [-0.1, -0.05) is 0 Å². The Kier molecular flexibility index (Phi) is 2.58.